The van der Waals surface area contributed by atoms with Crippen LogP contribution in [0.4, 0.5) is 5.69 Å². The van der Waals surface area contributed by atoms with Crippen LogP contribution >= 0.6 is 15.9 Å². The topological polar surface area (TPSA) is 63.7 Å². The van der Waals surface area contributed by atoms with Gasteiger partial charge < -0.3 is 4.74 Å². The number of benzene rings is 2. The van der Waals surface area contributed by atoms with E-state index in [9.17, 15) is 14.4 Å². The maximum atomic E-state index is 12.8. The van der Waals surface area contributed by atoms with Crippen molar-refractivity contribution in [2.24, 2.45) is 17.8 Å². The number of carbonyl (C=O) groups excluding carboxylic acids is 3. The van der Waals surface area contributed by atoms with Crippen molar-refractivity contribution in [3.63, 3.8) is 0 Å². The molecule has 6 heteroatoms. The van der Waals surface area contributed by atoms with Crippen molar-refractivity contribution in [1.82, 2.24) is 0 Å². The van der Waals surface area contributed by atoms with Crippen molar-refractivity contribution in [2.75, 3.05) is 4.90 Å². The molecule has 1 heterocycles. The Balaban J connectivity index is 1.50. The van der Waals surface area contributed by atoms with Gasteiger partial charge in [-0.1, -0.05) is 22.9 Å². The smallest absolute Gasteiger partial charge is 0.343 e. The normalized spacial score (nSPS) is 24.2. The summed E-state index contributed by atoms with van der Waals surface area (Å²) in [5, 5.41) is 0. The lowest BCUT2D eigenvalue weighted by Gasteiger charge is -2.25. The van der Waals surface area contributed by atoms with Gasteiger partial charge in [-0.25, -0.2) is 4.79 Å². The van der Waals surface area contributed by atoms with E-state index in [0.717, 1.165) is 23.7 Å². The molecule has 2 aromatic rings. The maximum Gasteiger partial charge on any atom is 0.343 e. The van der Waals surface area contributed by atoms with Crippen LogP contribution in [0.5, 0.6) is 5.75 Å². The molecular weight excluding hydrogens is 422 g/mol. The van der Waals surface area contributed by atoms with Gasteiger partial charge >= 0.3 is 5.97 Å². The molecule has 0 bridgehead atoms. The second-order valence-electron chi connectivity index (χ2n) is 7.53. The number of carbonyl (C=O) groups is 3. The van der Waals surface area contributed by atoms with Gasteiger partial charge in [0.2, 0.25) is 11.8 Å². The molecule has 3 atom stereocenters. The zero-order valence-electron chi connectivity index (χ0n) is 15.4. The highest BCUT2D eigenvalue weighted by Gasteiger charge is 2.49. The molecule has 0 aromatic heterocycles. The van der Waals surface area contributed by atoms with Crippen LogP contribution in [0.15, 0.2) is 53.0 Å². The van der Waals surface area contributed by atoms with Crippen LogP contribution in [-0.2, 0) is 9.59 Å². The Morgan fingerprint density at radius 2 is 1.61 bits per heavy atom. The molecule has 1 saturated carbocycles. The summed E-state index contributed by atoms with van der Waals surface area (Å²) in [6.45, 7) is 2.13. The number of hydrogen-bond donors (Lipinski definition) is 0. The van der Waals surface area contributed by atoms with Crippen LogP contribution in [-0.4, -0.2) is 17.8 Å². The molecule has 1 saturated heterocycles. The Morgan fingerprint density at radius 1 is 0.964 bits per heavy atom. The van der Waals surface area contributed by atoms with E-state index in [-0.39, 0.29) is 23.7 Å². The summed E-state index contributed by atoms with van der Waals surface area (Å²) in [4.78, 5) is 39.2. The van der Waals surface area contributed by atoms with Gasteiger partial charge in [-0.05, 0) is 73.7 Å². The number of amides is 2. The number of fused-ring (bicyclic) bond motifs is 1. The van der Waals surface area contributed by atoms with Gasteiger partial charge in [-0.15, -0.1) is 0 Å². The van der Waals surface area contributed by atoms with Gasteiger partial charge in [0.1, 0.15) is 5.75 Å². The fraction of sp³-hybridized carbons (Fsp3) is 0.318. The van der Waals surface area contributed by atoms with Crippen LogP contribution in [0.3, 0.4) is 0 Å². The second kappa shape index (κ2) is 7.51. The minimum absolute atomic E-state index is 0.118. The lowest BCUT2D eigenvalue weighted by molar-refractivity contribution is -0.122. The van der Waals surface area contributed by atoms with Crippen molar-refractivity contribution in [2.45, 2.75) is 26.2 Å². The average Bonchev–Trinajstić information content (AvgIpc) is 2.93. The first-order valence-electron chi connectivity index (χ1n) is 9.39. The Morgan fingerprint density at radius 3 is 2.29 bits per heavy atom. The van der Waals surface area contributed by atoms with Crippen molar-refractivity contribution in [1.29, 1.82) is 0 Å². The molecule has 0 radical (unpaired) electrons. The Bertz CT molecular complexity index is 923. The lowest BCUT2D eigenvalue weighted by Crippen LogP contribution is -2.30. The quantitative estimate of drug-likeness (QED) is 0.396. The van der Waals surface area contributed by atoms with Gasteiger partial charge in [0, 0.05) is 4.47 Å². The highest BCUT2D eigenvalue weighted by molar-refractivity contribution is 9.10. The molecule has 0 N–H and O–H groups in total. The zero-order valence-corrected chi connectivity index (χ0v) is 17.0. The third kappa shape index (κ3) is 3.49. The lowest BCUT2D eigenvalue weighted by atomic mass is 9.76. The van der Waals surface area contributed by atoms with Crippen LogP contribution in [0.2, 0.25) is 0 Å². The molecule has 28 heavy (non-hydrogen) atoms. The summed E-state index contributed by atoms with van der Waals surface area (Å²) < 4.78 is 6.24. The van der Waals surface area contributed by atoms with Gasteiger partial charge in [-0.3, -0.25) is 14.5 Å². The fourth-order valence-electron chi connectivity index (χ4n) is 4.06. The van der Waals surface area contributed by atoms with Crippen molar-refractivity contribution < 1.29 is 19.1 Å². The number of imide groups is 1. The summed E-state index contributed by atoms with van der Waals surface area (Å²) in [6.07, 6.45) is 2.52. The molecule has 2 amide bonds. The molecule has 2 aromatic carbocycles. The number of halogens is 1. The second-order valence-corrected chi connectivity index (χ2v) is 8.45. The first-order valence-corrected chi connectivity index (χ1v) is 10.2. The number of esters is 1. The molecule has 2 fully saturated rings. The standard InChI is InChI=1S/C22H20BrNO4/c1-13-2-11-18-19(12-13)21(26)24(20(18)25)16-7-3-14(4-8-16)22(27)28-17-9-5-15(23)6-10-17/h3-10,13,18-19H,2,11-12H2,1H3/t13-,18-,19+/m1/s1. The van der Waals surface area contributed by atoms with E-state index in [4.69, 9.17) is 4.74 Å². The minimum atomic E-state index is -0.490. The van der Waals surface area contributed by atoms with Gasteiger partial charge in [0.15, 0.2) is 0 Å². The first kappa shape index (κ1) is 18.9. The summed E-state index contributed by atoms with van der Waals surface area (Å²) in [5.41, 5.74) is 0.869. The van der Waals surface area contributed by atoms with E-state index >= 15 is 0 Å². The molecule has 0 unspecified atom stereocenters. The minimum Gasteiger partial charge on any atom is -0.423 e. The van der Waals surface area contributed by atoms with E-state index in [1.54, 1.807) is 48.5 Å². The zero-order chi connectivity index (χ0) is 19.8. The van der Waals surface area contributed by atoms with Crippen LogP contribution in [0, 0.1) is 17.8 Å². The molecule has 2 aliphatic rings. The predicted molar refractivity (Wildman–Crippen MR) is 108 cm³/mol. The highest BCUT2D eigenvalue weighted by atomic mass is 79.9. The average molecular weight is 442 g/mol. The summed E-state index contributed by atoms with van der Waals surface area (Å²) >= 11 is 3.33. The van der Waals surface area contributed by atoms with E-state index < -0.39 is 5.97 Å². The number of rotatable bonds is 3. The summed E-state index contributed by atoms with van der Waals surface area (Å²) in [5.74, 6) is -0.229. The highest BCUT2D eigenvalue weighted by Crippen LogP contribution is 2.42. The Kier molecular flexibility index (Phi) is 5.06. The molecule has 5 nitrogen and oxygen atoms in total. The molecule has 0 spiro atoms. The van der Waals surface area contributed by atoms with E-state index in [2.05, 4.69) is 22.9 Å². The number of hydrogen-bond acceptors (Lipinski definition) is 4. The summed E-state index contributed by atoms with van der Waals surface area (Å²) in [7, 11) is 0. The third-order valence-corrected chi connectivity index (χ3v) is 6.10. The van der Waals surface area contributed by atoms with Crippen molar-refractivity contribution >= 4 is 39.4 Å². The van der Waals surface area contributed by atoms with Crippen LogP contribution < -0.4 is 9.64 Å². The van der Waals surface area contributed by atoms with Crippen LogP contribution in [0.25, 0.3) is 0 Å². The molecule has 4 rings (SSSR count). The summed E-state index contributed by atoms with van der Waals surface area (Å²) in [6, 6.07) is 13.4. The SMILES string of the molecule is C[C@@H]1CC[C@H]2C(=O)N(c3ccc(C(=O)Oc4ccc(Br)cc4)cc3)C(=O)[C@H]2C1. The van der Waals surface area contributed by atoms with Crippen LogP contribution in [0.1, 0.15) is 36.5 Å². The molecule has 1 aliphatic carbocycles. The third-order valence-electron chi connectivity index (χ3n) is 5.57. The van der Waals surface area contributed by atoms with Crippen molar-refractivity contribution in [3.8, 4) is 5.75 Å². The molecular formula is C22H20BrNO4. The van der Waals surface area contributed by atoms with Gasteiger partial charge in [0.25, 0.3) is 0 Å². The van der Waals surface area contributed by atoms with Crippen molar-refractivity contribution in [3.05, 3.63) is 58.6 Å². The monoisotopic (exact) mass is 441 g/mol. The van der Waals surface area contributed by atoms with Gasteiger partial charge in [-0.2, -0.15) is 0 Å². The van der Waals surface area contributed by atoms with Gasteiger partial charge in [0.05, 0.1) is 23.1 Å². The Labute approximate surface area is 171 Å². The van der Waals surface area contributed by atoms with E-state index in [1.165, 1.54) is 4.90 Å². The van der Waals surface area contributed by atoms with E-state index in [0.29, 0.717) is 22.9 Å². The predicted octanol–water partition coefficient (Wildman–Crippen LogP) is 4.59. The number of ether oxygens (including phenoxy) is 1. The Hall–Kier alpha value is -2.47. The number of anilines is 1. The fourth-order valence-corrected chi connectivity index (χ4v) is 4.32. The molecule has 144 valence electrons. The first-order chi connectivity index (χ1) is 13.4. The number of nitrogens with zero attached hydrogens (tertiary/aromatic N) is 1. The van der Waals surface area contributed by atoms with E-state index in [1.807, 2.05) is 0 Å². The maximum absolute atomic E-state index is 12.8. The largest absolute Gasteiger partial charge is 0.423 e. The molecule has 1 aliphatic heterocycles.